The summed E-state index contributed by atoms with van der Waals surface area (Å²) in [6, 6.07) is 15.7. The molecule has 4 amide bonds. The Hall–Kier alpha value is -3.55. The first-order valence-electron chi connectivity index (χ1n) is 12.9. The monoisotopic (exact) mass is 491 g/mol. The Labute approximate surface area is 213 Å². The number of para-hydroxylation sites is 1. The zero-order chi connectivity index (χ0) is 25.7. The van der Waals surface area contributed by atoms with Crippen LogP contribution in [0.1, 0.15) is 43.7 Å². The van der Waals surface area contributed by atoms with Crippen LogP contribution in [0.2, 0.25) is 0 Å². The maximum absolute atomic E-state index is 13.8. The average molecular weight is 492 g/mol. The van der Waals surface area contributed by atoms with Gasteiger partial charge in [-0.15, -0.1) is 0 Å². The van der Waals surface area contributed by atoms with Gasteiger partial charge in [0.1, 0.15) is 12.1 Å². The Kier molecular flexibility index (Phi) is 7.82. The molecule has 36 heavy (non-hydrogen) atoms. The van der Waals surface area contributed by atoms with E-state index >= 15 is 0 Å². The van der Waals surface area contributed by atoms with Crippen molar-refractivity contribution in [1.82, 2.24) is 15.1 Å². The van der Waals surface area contributed by atoms with Crippen LogP contribution in [0.4, 0.5) is 16.2 Å². The molecule has 0 radical (unpaired) electrons. The van der Waals surface area contributed by atoms with Crippen molar-refractivity contribution in [3.8, 4) is 0 Å². The number of aryl methyl sites for hydroxylation is 2. The van der Waals surface area contributed by atoms with E-state index in [-0.39, 0.29) is 24.4 Å². The van der Waals surface area contributed by atoms with Gasteiger partial charge in [-0.2, -0.15) is 0 Å². The van der Waals surface area contributed by atoms with Crippen LogP contribution in [0, 0.1) is 13.8 Å². The molecule has 2 fully saturated rings. The van der Waals surface area contributed by atoms with Crippen molar-refractivity contribution < 1.29 is 14.4 Å². The van der Waals surface area contributed by atoms with Gasteiger partial charge in [0.2, 0.25) is 5.91 Å². The molecule has 2 aromatic rings. The van der Waals surface area contributed by atoms with Gasteiger partial charge in [-0.1, -0.05) is 49.2 Å². The normalized spacial score (nSPS) is 17.0. The lowest BCUT2D eigenvalue weighted by molar-refractivity contribution is -0.137. The van der Waals surface area contributed by atoms with Crippen LogP contribution >= 0.6 is 0 Å². The number of likely N-dealkylation sites (tertiary alicyclic amines) is 1. The van der Waals surface area contributed by atoms with Crippen molar-refractivity contribution in [2.45, 2.75) is 52.0 Å². The summed E-state index contributed by atoms with van der Waals surface area (Å²) in [5.74, 6) is -0.168. The molecule has 2 N–H and O–H groups in total. The maximum atomic E-state index is 13.8. The number of urea groups is 1. The van der Waals surface area contributed by atoms with Crippen LogP contribution in [-0.4, -0.2) is 66.0 Å². The third-order valence-electron chi connectivity index (χ3n) is 7.27. The quantitative estimate of drug-likeness (QED) is 0.576. The molecule has 2 aliphatic heterocycles. The van der Waals surface area contributed by atoms with Crippen LogP contribution in [0.25, 0.3) is 0 Å². The summed E-state index contributed by atoms with van der Waals surface area (Å²) in [5.41, 5.74) is 3.16. The summed E-state index contributed by atoms with van der Waals surface area (Å²) in [7, 11) is 0. The smallest absolute Gasteiger partial charge is 0.321 e. The van der Waals surface area contributed by atoms with Crippen molar-refractivity contribution in [2.24, 2.45) is 0 Å². The second-order valence-electron chi connectivity index (χ2n) is 9.88. The summed E-state index contributed by atoms with van der Waals surface area (Å²) in [5, 5.41) is 5.94. The maximum Gasteiger partial charge on any atom is 0.321 e. The fourth-order valence-corrected chi connectivity index (χ4v) is 5.18. The number of anilines is 2. The van der Waals surface area contributed by atoms with Crippen molar-refractivity contribution in [3.05, 3.63) is 59.7 Å². The molecule has 2 aromatic carbocycles. The lowest BCUT2D eigenvalue weighted by Crippen LogP contribution is -2.58. The summed E-state index contributed by atoms with van der Waals surface area (Å²) in [6.07, 6.45) is 2.94. The van der Waals surface area contributed by atoms with Gasteiger partial charge in [0.15, 0.2) is 0 Å². The number of piperidine rings is 1. The number of unbranched alkanes of at least 4 members (excludes halogenated alkanes) is 1. The Balaban J connectivity index is 1.47. The molecular weight excluding hydrogens is 454 g/mol. The first-order chi connectivity index (χ1) is 17.3. The molecule has 0 saturated carbocycles. The molecule has 1 spiro atoms. The number of rotatable bonds is 7. The third-order valence-corrected chi connectivity index (χ3v) is 7.27. The van der Waals surface area contributed by atoms with Crippen molar-refractivity contribution >= 4 is 29.2 Å². The van der Waals surface area contributed by atoms with Crippen LogP contribution < -0.4 is 15.5 Å². The number of carbonyl (C=O) groups excluding carboxylic acids is 3. The highest BCUT2D eigenvalue weighted by atomic mass is 16.2. The van der Waals surface area contributed by atoms with Crippen LogP contribution in [-0.2, 0) is 9.59 Å². The molecule has 0 bridgehead atoms. The zero-order valence-corrected chi connectivity index (χ0v) is 21.5. The van der Waals surface area contributed by atoms with Crippen LogP contribution in [0.15, 0.2) is 48.5 Å². The molecule has 2 aliphatic rings. The third kappa shape index (κ3) is 5.32. The Morgan fingerprint density at radius 2 is 1.75 bits per heavy atom. The van der Waals surface area contributed by atoms with E-state index in [1.807, 2.05) is 62.4 Å². The summed E-state index contributed by atoms with van der Waals surface area (Å²) in [6.45, 7) is 8.03. The van der Waals surface area contributed by atoms with E-state index in [0.29, 0.717) is 39.1 Å². The number of nitrogens with zero attached hydrogens (tertiary/aromatic N) is 3. The van der Waals surface area contributed by atoms with E-state index in [1.165, 1.54) is 0 Å². The lowest BCUT2D eigenvalue weighted by atomic mass is 9.85. The number of benzene rings is 2. The number of hydrogen-bond donors (Lipinski definition) is 2. The molecule has 192 valence electrons. The molecule has 4 rings (SSSR count). The molecule has 0 aromatic heterocycles. The Morgan fingerprint density at radius 1 is 1.03 bits per heavy atom. The number of nitrogens with one attached hydrogen (secondary N) is 2. The fourth-order valence-electron chi connectivity index (χ4n) is 5.18. The Morgan fingerprint density at radius 3 is 2.42 bits per heavy atom. The van der Waals surface area contributed by atoms with Gasteiger partial charge in [-0.05, 0) is 56.9 Å². The zero-order valence-electron chi connectivity index (χ0n) is 21.5. The number of carbonyl (C=O) groups is 3. The van der Waals surface area contributed by atoms with Crippen molar-refractivity contribution in [2.75, 3.05) is 43.1 Å². The molecule has 2 saturated heterocycles. The predicted molar refractivity (Wildman–Crippen MR) is 142 cm³/mol. The van der Waals surface area contributed by atoms with E-state index in [0.717, 1.165) is 35.3 Å². The SMILES string of the molecule is CCCCNC(=O)CN1CN(c2ccccc2)C2(CCN(C(=O)Nc3ccc(C)cc3C)CC2)C1=O. The van der Waals surface area contributed by atoms with Crippen molar-refractivity contribution in [3.63, 3.8) is 0 Å². The highest BCUT2D eigenvalue weighted by Gasteiger charge is 2.54. The first-order valence-corrected chi connectivity index (χ1v) is 12.9. The van der Waals surface area contributed by atoms with Gasteiger partial charge < -0.3 is 25.3 Å². The van der Waals surface area contributed by atoms with Gasteiger partial charge in [0.05, 0.1) is 6.67 Å². The highest BCUT2D eigenvalue weighted by molar-refractivity contribution is 5.97. The van der Waals surface area contributed by atoms with Crippen LogP contribution in [0.5, 0.6) is 0 Å². The molecule has 0 atom stereocenters. The van der Waals surface area contributed by atoms with Gasteiger partial charge >= 0.3 is 6.03 Å². The first kappa shape index (κ1) is 25.5. The predicted octanol–water partition coefficient (Wildman–Crippen LogP) is 3.89. The lowest BCUT2D eigenvalue weighted by Gasteiger charge is -2.43. The molecule has 0 aliphatic carbocycles. The van der Waals surface area contributed by atoms with Crippen LogP contribution in [0.3, 0.4) is 0 Å². The fraction of sp³-hybridized carbons (Fsp3) is 0.464. The standard InChI is InChI=1S/C28H37N5O3/c1-4-5-15-29-25(34)19-32-20-33(23-9-7-6-8-10-23)28(26(32)35)13-16-31(17-14-28)27(36)30-24-12-11-21(2)18-22(24)3/h6-12,18H,4-5,13-17,19-20H2,1-3H3,(H,29,34)(H,30,36). The molecule has 8 heteroatoms. The summed E-state index contributed by atoms with van der Waals surface area (Å²) >= 11 is 0. The minimum Gasteiger partial charge on any atom is -0.355 e. The minimum atomic E-state index is -0.762. The average Bonchev–Trinajstić information content (AvgIpc) is 3.13. The van der Waals surface area contributed by atoms with Gasteiger partial charge in [-0.3, -0.25) is 9.59 Å². The van der Waals surface area contributed by atoms with E-state index in [4.69, 9.17) is 0 Å². The van der Waals surface area contributed by atoms with Gasteiger partial charge in [0, 0.05) is 31.0 Å². The second kappa shape index (κ2) is 11.0. The summed E-state index contributed by atoms with van der Waals surface area (Å²) in [4.78, 5) is 44.9. The summed E-state index contributed by atoms with van der Waals surface area (Å²) < 4.78 is 0. The molecule has 8 nitrogen and oxygen atoms in total. The highest BCUT2D eigenvalue weighted by Crippen LogP contribution is 2.39. The van der Waals surface area contributed by atoms with E-state index in [9.17, 15) is 14.4 Å². The number of hydrogen-bond acceptors (Lipinski definition) is 4. The minimum absolute atomic E-state index is 0.0357. The van der Waals surface area contributed by atoms with E-state index in [1.54, 1.807) is 9.80 Å². The van der Waals surface area contributed by atoms with Gasteiger partial charge in [0.25, 0.3) is 5.91 Å². The second-order valence-corrected chi connectivity index (χ2v) is 9.88. The molecular formula is C28H37N5O3. The van der Waals surface area contributed by atoms with E-state index in [2.05, 4.69) is 22.5 Å². The van der Waals surface area contributed by atoms with E-state index < -0.39 is 5.54 Å². The number of amides is 4. The van der Waals surface area contributed by atoms with Crippen molar-refractivity contribution in [1.29, 1.82) is 0 Å². The largest absolute Gasteiger partial charge is 0.355 e. The van der Waals surface area contributed by atoms with Gasteiger partial charge in [-0.25, -0.2) is 4.79 Å². The Bertz CT molecular complexity index is 1100. The molecule has 2 heterocycles. The molecule has 0 unspecified atom stereocenters. The topological polar surface area (TPSA) is 85.0 Å².